The second kappa shape index (κ2) is 6.00. The minimum Gasteiger partial charge on any atom is -0.350 e. The Labute approximate surface area is 184 Å². The van der Waals surface area contributed by atoms with Crippen molar-refractivity contribution in [2.75, 3.05) is 11.9 Å². The summed E-state index contributed by atoms with van der Waals surface area (Å²) in [5.74, 6) is 0. The van der Waals surface area contributed by atoms with Gasteiger partial charge < -0.3 is 4.90 Å². The van der Waals surface area contributed by atoms with Crippen LogP contribution in [0.4, 0.5) is 11.4 Å². The summed E-state index contributed by atoms with van der Waals surface area (Å²) in [4.78, 5) is 2.42. The molecule has 0 fully saturated rings. The molecule has 0 saturated heterocycles. The Morgan fingerprint density at radius 1 is 0.839 bits per heavy atom. The van der Waals surface area contributed by atoms with Gasteiger partial charge in [0.25, 0.3) is 6.33 Å². The molecule has 0 amide bonds. The molecule has 3 nitrogen and oxygen atoms in total. The summed E-state index contributed by atoms with van der Waals surface area (Å²) in [6.45, 7) is 9.62. The molecular formula is C28H29N3. The molecule has 0 radical (unpaired) electrons. The topological polar surface area (TPSA) is 12.1 Å². The lowest BCUT2D eigenvalue weighted by Crippen LogP contribution is -2.41. The lowest BCUT2D eigenvalue weighted by Gasteiger charge is -2.45. The van der Waals surface area contributed by atoms with E-state index < -0.39 is 0 Å². The molecule has 1 aliphatic heterocycles. The van der Waals surface area contributed by atoms with Crippen LogP contribution in [0.2, 0.25) is 0 Å². The maximum absolute atomic E-state index is 3.69. The molecular weight excluding hydrogens is 378 g/mol. The van der Waals surface area contributed by atoms with Crippen LogP contribution in [0, 0.1) is 6.33 Å². The largest absolute Gasteiger partial charge is 0.350 e. The molecule has 1 aromatic heterocycles. The highest BCUT2D eigenvalue weighted by Crippen LogP contribution is 2.52. The van der Waals surface area contributed by atoms with Crippen molar-refractivity contribution < 1.29 is 4.57 Å². The number of hydrogen-bond donors (Lipinski definition) is 0. The Morgan fingerprint density at radius 2 is 1.58 bits per heavy atom. The van der Waals surface area contributed by atoms with Crippen LogP contribution in [-0.2, 0) is 10.8 Å². The van der Waals surface area contributed by atoms with E-state index in [2.05, 4.69) is 116 Å². The van der Waals surface area contributed by atoms with E-state index >= 15 is 0 Å². The number of nitrogens with zero attached hydrogens (tertiary/aromatic N) is 3. The van der Waals surface area contributed by atoms with Gasteiger partial charge in [-0.05, 0) is 59.1 Å². The first-order valence-electron chi connectivity index (χ1n) is 11.3. The first kappa shape index (κ1) is 18.7. The maximum atomic E-state index is 3.69. The smallest absolute Gasteiger partial charge is 0.269 e. The minimum atomic E-state index is 0.137. The van der Waals surface area contributed by atoms with Gasteiger partial charge in [0.1, 0.15) is 5.52 Å². The van der Waals surface area contributed by atoms with Crippen LogP contribution in [0.15, 0.2) is 60.7 Å². The molecule has 156 valence electrons. The summed E-state index contributed by atoms with van der Waals surface area (Å²) >= 11 is 0. The van der Waals surface area contributed by atoms with Gasteiger partial charge in [0.2, 0.25) is 0 Å². The quantitative estimate of drug-likeness (QED) is 0.273. The van der Waals surface area contributed by atoms with E-state index in [4.69, 9.17) is 0 Å². The average Bonchev–Trinajstić information content (AvgIpc) is 3.16. The Hall–Kier alpha value is -3.07. The Morgan fingerprint density at radius 3 is 2.35 bits per heavy atom. The van der Waals surface area contributed by atoms with Gasteiger partial charge in [0.15, 0.2) is 0 Å². The van der Waals surface area contributed by atoms with Crippen LogP contribution in [0.1, 0.15) is 51.7 Å². The van der Waals surface area contributed by atoms with Crippen LogP contribution in [0.3, 0.4) is 0 Å². The average molecular weight is 408 g/mol. The third-order valence-corrected chi connectivity index (χ3v) is 7.55. The van der Waals surface area contributed by atoms with Gasteiger partial charge in [-0.15, -0.1) is 0 Å². The summed E-state index contributed by atoms with van der Waals surface area (Å²) in [5, 5.41) is 0. The SMILES string of the molecule is CN1c2c(ccc3c2C(C)(C)CCC3(C)C)-[n+]2[c-]n(-c3ccccc3)c3cccc1c32. The van der Waals surface area contributed by atoms with E-state index in [0.717, 1.165) is 5.69 Å². The van der Waals surface area contributed by atoms with Crippen molar-refractivity contribution in [3.05, 3.63) is 78.1 Å². The fourth-order valence-electron chi connectivity index (χ4n) is 5.71. The number of imidazole rings is 1. The molecule has 31 heavy (non-hydrogen) atoms. The normalized spacial score (nSPS) is 18.0. The lowest BCUT2D eigenvalue weighted by atomic mass is 9.62. The molecule has 0 N–H and O–H groups in total. The first-order valence-corrected chi connectivity index (χ1v) is 11.3. The Balaban J connectivity index is 1.72. The number of fused-ring (bicyclic) bond motifs is 4. The van der Waals surface area contributed by atoms with E-state index in [9.17, 15) is 0 Å². The molecule has 2 heterocycles. The molecule has 3 heteroatoms. The summed E-state index contributed by atoms with van der Waals surface area (Å²) in [6.07, 6.45) is 6.11. The highest BCUT2D eigenvalue weighted by molar-refractivity contribution is 5.94. The molecule has 3 aromatic carbocycles. The van der Waals surface area contributed by atoms with Crippen LogP contribution in [0.5, 0.6) is 0 Å². The molecule has 1 aliphatic carbocycles. The number of hydrogen-bond acceptors (Lipinski definition) is 1. The zero-order valence-electron chi connectivity index (χ0n) is 19.0. The second-order valence-electron chi connectivity index (χ2n) is 10.4. The summed E-state index contributed by atoms with van der Waals surface area (Å²) < 4.78 is 4.47. The molecule has 0 atom stereocenters. The molecule has 0 spiro atoms. The van der Waals surface area contributed by atoms with Crippen molar-refractivity contribution in [2.45, 2.75) is 51.4 Å². The van der Waals surface area contributed by atoms with E-state index in [0.29, 0.717) is 0 Å². The highest BCUT2D eigenvalue weighted by atomic mass is 15.2. The first-order chi connectivity index (χ1) is 14.8. The van der Waals surface area contributed by atoms with Gasteiger partial charge in [-0.2, -0.15) is 0 Å². The number of anilines is 2. The monoisotopic (exact) mass is 407 g/mol. The van der Waals surface area contributed by atoms with E-state index in [1.165, 1.54) is 52.1 Å². The van der Waals surface area contributed by atoms with Gasteiger partial charge in [0.05, 0.1) is 22.6 Å². The number of benzene rings is 3. The van der Waals surface area contributed by atoms with Gasteiger partial charge in [-0.3, -0.25) is 9.13 Å². The van der Waals surface area contributed by atoms with Crippen LogP contribution < -0.4 is 9.47 Å². The standard InChI is InChI=1S/C28H29N3/c1-27(2)16-17-28(3,4)24-20(27)14-15-23-26(24)29(5)21-12-9-13-22-25(21)31(23)18-30(22)19-10-7-6-8-11-19/h6-15H,16-17H2,1-5H3. The minimum absolute atomic E-state index is 0.137. The zero-order chi connectivity index (χ0) is 21.5. The molecule has 2 aliphatic rings. The van der Waals surface area contributed by atoms with Crippen molar-refractivity contribution in [3.63, 3.8) is 0 Å². The van der Waals surface area contributed by atoms with Gasteiger partial charge in [-0.25, -0.2) is 0 Å². The fourth-order valence-corrected chi connectivity index (χ4v) is 5.71. The number of rotatable bonds is 1. The zero-order valence-corrected chi connectivity index (χ0v) is 19.0. The van der Waals surface area contributed by atoms with E-state index in [-0.39, 0.29) is 10.8 Å². The van der Waals surface area contributed by atoms with Crippen molar-refractivity contribution in [1.29, 1.82) is 0 Å². The third-order valence-electron chi connectivity index (χ3n) is 7.55. The second-order valence-corrected chi connectivity index (χ2v) is 10.4. The Bertz CT molecular complexity index is 1340. The number of para-hydroxylation sites is 2. The predicted octanol–water partition coefficient (Wildman–Crippen LogP) is 6.14. The predicted molar refractivity (Wildman–Crippen MR) is 127 cm³/mol. The lowest BCUT2D eigenvalue weighted by molar-refractivity contribution is -0.572. The molecule has 4 aromatic rings. The van der Waals surface area contributed by atoms with Gasteiger partial charge >= 0.3 is 0 Å². The Kier molecular flexibility index (Phi) is 3.62. The van der Waals surface area contributed by atoms with Crippen LogP contribution >= 0.6 is 0 Å². The highest BCUT2D eigenvalue weighted by Gasteiger charge is 2.41. The van der Waals surface area contributed by atoms with Crippen molar-refractivity contribution >= 4 is 22.4 Å². The van der Waals surface area contributed by atoms with Gasteiger partial charge in [-0.1, -0.05) is 64.1 Å². The molecule has 0 unspecified atom stereocenters. The molecule has 0 saturated carbocycles. The molecule has 6 rings (SSSR count). The summed E-state index contributed by atoms with van der Waals surface area (Å²) in [7, 11) is 2.23. The van der Waals surface area contributed by atoms with Gasteiger partial charge in [0, 0.05) is 12.7 Å². The van der Waals surface area contributed by atoms with Crippen molar-refractivity contribution in [3.8, 4) is 11.4 Å². The third kappa shape index (κ3) is 2.43. The van der Waals surface area contributed by atoms with Crippen LogP contribution in [0.25, 0.3) is 22.4 Å². The number of aromatic nitrogens is 2. The maximum Gasteiger partial charge on any atom is 0.269 e. The summed E-state index contributed by atoms with van der Waals surface area (Å²) in [6, 6.07) is 21.8. The molecule has 0 bridgehead atoms. The van der Waals surface area contributed by atoms with E-state index in [1.807, 2.05) is 0 Å². The van der Waals surface area contributed by atoms with Crippen molar-refractivity contribution in [1.82, 2.24) is 4.57 Å². The van der Waals surface area contributed by atoms with Crippen molar-refractivity contribution in [2.24, 2.45) is 0 Å². The fraction of sp³-hybridized carbons (Fsp3) is 0.321. The summed E-state index contributed by atoms with van der Waals surface area (Å²) in [5.41, 5.74) is 10.7. The van der Waals surface area contributed by atoms with Crippen LogP contribution in [-0.4, -0.2) is 11.6 Å². The van der Waals surface area contributed by atoms with E-state index in [1.54, 1.807) is 0 Å².